The van der Waals surface area contributed by atoms with Gasteiger partial charge in [-0.2, -0.15) is 0 Å². The van der Waals surface area contributed by atoms with Crippen molar-refractivity contribution in [1.82, 2.24) is 4.90 Å². The Morgan fingerprint density at radius 3 is 2.43 bits per heavy atom. The maximum atomic E-state index is 13.1. The first-order valence-electron chi connectivity index (χ1n) is 11.3. The van der Waals surface area contributed by atoms with Gasteiger partial charge in [0, 0.05) is 25.2 Å². The van der Waals surface area contributed by atoms with Crippen LogP contribution in [0.1, 0.15) is 22.3 Å². The number of amides is 3. The second-order valence-electron chi connectivity index (χ2n) is 8.33. The summed E-state index contributed by atoms with van der Waals surface area (Å²) in [7, 11) is 1.56. The standard InChI is InChI=1S/C27H26FN3O4/c1-35-22-12-10-21(11-13-22)29-27(34)23-4-2-3-5-24(23)30-26(33)19-16-25(32)31(17-19)15-14-18-6-8-20(28)9-7-18/h2-13,19H,14-17H2,1H3,(H,29,34)(H,30,33). The van der Waals surface area contributed by atoms with Gasteiger partial charge in [0.15, 0.2) is 0 Å². The van der Waals surface area contributed by atoms with Crippen LogP contribution in [0.4, 0.5) is 15.8 Å². The van der Waals surface area contributed by atoms with Crippen molar-refractivity contribution in [3.05, 3.63) is 89.7 Å². The van der Waals surface area contributed by atoms with Crippen molar-refractivity contribution in [2.75, 3.05) is 30.8 Å². The van der Waals surface area contributed by atoms with E-state index >= 15 is 0 Å². The van der Waals surface area contributed by atoms with Crippen LogP contribution in [0, 0.1) is 11.7 Å². The van der Waals surface area contributed by atoms with E-state index in [1.807, 2.05) is 0 Å². The van der Waals surface area contributed by atoms with E-state index in [1.165, 1.54) is 12.1 Å². The highest BCUT2D eigenvalue weighted by atomic mass is 19.1. The summed E-state index contributed by atoms with van der Waals surface area (Å²) < 4.78 is 18.2. The minimum Gasteiger partial charge on any atom is -0.497 e. The first-order valence-corrected chi connectivity index (χ1v) is 11.3. The predicted molar refractivity (Wildman–Crippen MR) is 131 cm³/mol. The molecule has 1 unspecified atom stereocenters. The predicted octanol–water partition coefficient (Wildman–Crippen LogP) is 4.12. The molecule has 0 radical (unpaired) electrons. The number of para-hydroxylation sites is 1. The number of ether oxygens (including phenoxy) is 1. The third-order valence-corrected chi connectivity index (χ3v) is 5.95. The van der Waals surface area contributed by atoms with Gasteiger partial charge >= 0.3 is 0 Å². The molecule has 35 heavy (non-hydrogen) atoms. The van der Waals surface area contributed by atoms with Crippen molar-refractivity contribution >= 4 is 29.1 Å². The largest absolute Gasteiger partial charge is 0.497 e. The monoisotopic (exact) mass is 475 g/mol. The van der Waals surface area contributed by atoms with Crippen LogP contribution >= 0.6 is 0 Å². The number of halogens is 1. The van der Waals surface area contributed by atoms with Crippen LogP contribution in [0.25, 0.3) is 0 Å². The number of carbonyl (C=O) groups is 3. The van der Waals surface area contributed by atoms with Crippen molar-refractivity contribution in [3.63, 3.8) is 0 Å². The van der Waals surface area contributed by atoms with E-state index < -0.39 is 5.92 Å². The Morgan fingerprint density at radius 2 is 1.71 bits per heavy atom. The van der Waals surface area contributed by atoms with E-state index in [0.717, 1.165) is 5.56 Å². The molecule has 7 nitrogen and oxygen atoms in total. The minimum absolute atomic E-state index is 0.0993. The van der Waals surface area contributed by atoms with Crippen LogP contribution in [-0.4, -0.2) is 42.8 Å². The van der Waals surface area contributed by atoms with E-state index in [0.29, 0.717) is 42.2 Å². The van der Waals surface area contributed by atoms with Gasteiger partial charge in [0.1, 0.15) is 11.6 Å². The number of benzene rings is 3. The van der Waals surface area contributed by atoms with E-state index in [2.05, 4.69) is 10.6 Å². The van der Waals surface area contributed by atoms with Crippen LogP contribution in [0.15, 0.2) is 72.8 Å². The van der Waals surface area contributed by atoms with E-state index in [9.17, 15) is 18.8 Å². The summed E-state index contributed by atoms with van der Waals surface area (Å²) in [5, 5.41) is 5.63. The van der Waals surface area contributed by atoms with E-state index in [1.54, 1.807) is 72.7 Å². The van der Waals surface area contributed by atoms with Crippen LogP contribution in [-0.2, 0) is 16.0 Å². The Kier molecular flexibility index (Phi) is 7.40. The van der Waals surface area contributed by atoms with Crippen molar-refractivity contribution < 1.29 is 23.5 Å². The number of nitrogens with zero attached hydrogens (tertiary/aromatic N) is 1. The van der Waals surface area contributed by atoms with Gasteiger partial charge < -0.3 is 20.3 Å². The van der Waals surface area contributed by atoms with Gasteiger partial charge in [0.25, 0.3) is 5.91 Å². The number of hydrogen-bond acceptors (Lipinski definition) is 4. The van der Waals surface area contributed by atoms with Crippen LogP contribution in [0.5, 0.6) is 5.75 Å². The molecular weight excluding hydrogens is 449 g/mol. The Bertz CT molecular complexity index is 1210. The highest BCUT2D eigenvalue weighted by molar-refractivity contribution is 6.10. The molecule has 0 aliphatic carbocycles. The van der Waals surface area contributed by atoms with Gasteiger partial charge in [-0.3, -0.25) is 14.4 Å². The molecule has 180 valence electrons. The zero-order valence-electron chi connectivity index (χ0n) is 19.3. The fraction of sp³-hybridized carbons (Fsp3) is 0.222. The molecule has 1 heterocycles. The third-order valence-electron chi connectivity index (χ3n) is 5.95. The maximum absolute atomic E-state index is 13.1. The average Bonchev–Trinajstić information content (AvgIpc) is 3.25. The molecule has 0 saturated carbocycles. The van der Waals surface area contributed by atoms with Crippen LogP contribution < -0.4 is 15.4 Å². The zero-order valence-corrected chi connectivity index (χ0v) is 19.3. The molecule has 1 saturated heterocycles. The van der Waals surface area contributed by atoms with Crippen LogP contribution in [0.3, 0.4) is 0 Å². The van der Waals surface area contributed by atoms with Gasteiger partial charge in [-0.1, -0.05) is 24.3 Å². The Labute approximate surface area is 202 Å². The Morgan fingerprint density at radius 1 is 1.00 bits per heavy atom. The van der Waals surface area contributed by atoms with Gasteiger partial charge in [0.05, 0.1) is 24.3 Å². The lowest BCUT2D eigenvalue weighted by molar-refractivity contribution is -0.128. The summed E-state index contributed by atoms with van der Waals surface area (Å²) in [5.74, 6) is -0.929. The average molecular weight is 476 g/mol. The number of hydrogen-bond donors (Lipinski definition) is 2. The molecule has 3 aromatic carbocycles. The number of likely N-dealkylation sites (tertiary alicyclic amines) is 1. The summed E-state index contributed by atoms with van der Waals surface area (Å²) in [6.07, 6.45) is 0.685. The molecule has 3 aromatic rings. The fourth-order valence-electron chi connectivity index (χ4n) is 3.98. The summed E-state index contributed by atoms with van der Waals surface area (Å²) >= 11 is 0. The van der Waals surface area contributed by atoms with Crippen molar-refractivity contribution in [2.24, 2.45) is 5.92 Å². The Balaban J connectivity index is 1.36. The van der Waals surface area contributed by atoms with Gasteiger partial charge in [-0.05, 0) is 60.5 Å². The highest BCUT2D eigenvalue weighted by Gasteiger charge is 2.34. The highest BCUT2D eigenvalue weighted by Crippen LogP contribution is 2.23. The quantitative estimate of drug-likeness (QED) is 0.513. The van der Waals surface area contributed by atoms with E-state index in [4.69, 9.17) is 4.74 Å². The topological polar surface area (TPSA) is 87.7 Å². The molecule has 0 bridgehead atoms. The summed E-state index contributed by atoms with van der Waals surface area (Å²) in [5.41, 5.74) is 2.20. The second kappa shape index (κ2) is 10.8. The van der Waals surface area contributed by atoms with Crippen LogP contribution in [0.2, 0.25) is 0 Å². The molecule has 3 amide bonds. The number of anilines is 2. The molecule has 4 rings (SSSR count). The maximum Gasteiger partial charge on any atom is 0.257 e. The first kappa shape index (κ1) is 23.9. The molecule has 1 atom stereocenters. The molecule has 8 heteroatoms. The molecule has 0 spiro atoms. The molecule has 0 aromatic heterocycles. The lowest BCUT2D eigenvalue weighted by Gasteiger charge is -2.17. The molecular formula is C27H26FN3O4. The zero-order chi connectivity index (χ0) is 24.8. The normalized spacial score (nSPS) is 15.1. The first-order chi connectivity index (χ1) is 16.9. The lowest BCUT2D eigenvalue weighted by Crippen LogP contribution is -2.30. The molecule has 1 fully saturated rings. The van der Waals surface area contributed by atoms with Crippen molar-refractivity contribution in [2.45, 2.75) is 12.8 Å². The number of nitrogens with one attached hydrogen (secondary N) is 2. The molecule has 2 N–H and O–H groups in total. The SMILES string of the molecule is COc1ccc(NC(=O)c2ccccc2NC(=O)C2CC(=O)N(CCc3ccc(F)cc3)C2)cc1. The number of methoxy groups -OCH3 is 1. The van der Waals surface area contributed by atoms with Gasteiger partial charge in [0.2, 0.25) is 11.8 Å². The Hall–Kier alpha value is -4.20. The number of rotatable bonds is 8. The smallest absolute Gasteiger partial charge is 0.257 e. The minimum atomic E-state index is -0.520. The molecule has 1 aliphatic rings. The summed E-state index contributed by atoms with van der Waals surface area (Å²) in [6.45, 7) is 0.751. The van der Waals surface area contributed by atoms with Crippen molar-refractivity contribution in [1.29, 1.82) is 0 Å². The van der Waals surface area contributed by atoms with Gasteiger partial charge in [-0.25, -0.2) is 4.39 Å². The van der Waals surface area contributed by atoms with E-state index in [-0.39, 0.29) is 30.0 Å². The lowest BCUT2D eigenvalue weighted by atomic mass is 10.1. The summed E-state index contributed by atoms with van der Waals surface area (Å²) in [6, 6.07) is 19.8. The third kappa shape index (κ3) is 6.03. The van der Waals surface area contributed by atoms with Crippen molar-refractivity contribution in [3.8, 4) is 5.75 Å². The fourth-order valence-corrected chi connectivity index (χ4v) is 3.98. The second-order valence-corrected chi connectivity index (χ2v) is 8.33. The molecule has 1 aliphatic heterocycles. The summed E-state index contributed by atoms with van der Waals surface area (Å²) in [4.78, 5) is 39.9. The number of carbonyl (C=O) groups excluding carboxylic acids is 3. The van der Waals surface area contributed by atoms with Gasteiger partial charge in [-0.15, -0.1) is 0 Å².